The van der Waals surface area contributed by atoms with Gasteiger partial charge in [-0.15, -0.1) is 10.2 Å². The molecule has 2 aromatic carbocycles. The van der Waals surface area contributed by atoms with Crippen LogP contribution in [-0.4, -0.2) is 32.0 Å². The molecule has 0 unspecified atom stereocenters. The van der Waals surface area contributed by atoms with Crippen LogP contribution in [0.1, 0.15) is 11.7 Å². The molecule has 3 heterocycles. The van der Waals surface area contributed by atoms with E-state index in [1.54, 1.807) is 25.5 Å². The van der Waals surface area contributed by atoms with Crippen LogP contribution in [0.25, 0.3) is 22.8 Å². The zero-order valence-electron chi connectivity index (χ0n) is 17.5. The fourth-order valence-corrected chi connectivity index (χ4v) is 4.22. The third-order valence-electron chi connectivity index (χ3n) is 4.81. The van der Waals surface area contributed by atoms with Crippen molar-refractivity contribution in [2.75, 3.05) is 7.11 Å². The Morgan fingerprint density at radius 1 is 1.03 bits per heavy atom. The largest absolute Gasteiger partial charge is 0.497 e. The topological polar surface area (TPSA) is 92.0 Å². The summed E-state index contributed by atoms with van der Waals surface area (Å²) >= 11 is 7.52. The van der Waals surface area contributed by atoms with Gasteiger partial charge in [-0.2, -0.15) is 4.98 Å². The average Bonchev–Trinajstić information content (AvgIpc) is 3.60. The van der Waals surface area contributed by atoms with Crippen LogP contribution in [-0.2, 0) is 12.3 Å². The Morgan fingerprint density at radius 3 is 2.73 bits per heavy atom. The highest BCUT2D eigenvalue weighted by atomic mass is 35.5. The van der Waals surface area contributed by atoms with E-state index < -0.39 is 0 Å². The van der Waals surface area contributed by atoms with Crippen molar-refractivity contribution in [3.8, 4) is 28.5 Å². The minimum atomic E-state index is 0.433. The zero-order chi connectivity index (χ0) is 22.6. The van der Waals surface area contributed by atoms with Crippen LogP contribution in [0, 0.1) is 0 Å². The standard InChI is InChI=1S/C23H18ClN5O3S/c1-30-18-8-3-6-16(12-18)22-26-27-23(29(22)13-19-9-4-10-31-19)33-14-20-25-21(28-32-20)15-5-2-7-17(24)11-15/h2-12H,13-14H2,1H3. The Morgan fingerprint density at radius 2 is 1.91 bits per heavy atom. The van der Waals surface area contributed by atoms with E-state index >= 15 is 0 Å². The first-order valence-corrected chi connectivity index (χ1v) is 11.4. The van der Waals surface area contributed by atoms with Gasteiger partial charge in [-0.3, -0.25) is 4.57 Å². The summed E-state index contributed by atoms with van der Waals surface area (Å²) in [5, 5.41) is 14.2. The molecule has 0 aliphatic heterocycles. The van der Waals surface area contributed by atoms with Crippen LogP contribution in [0.15, 0.2) is 81.0 Å². The lowest BCUT2D eigenvalue weighted by Crippen LogP contribution is -2.03. The van der Waals surface area contributed by atoms with Gasteiger partial charge >= 0.3 is 0 Å². The number of methoxy groups -OCH3 is 1. The maximum Gasteiger partial charge on any atom is 0.237 e. The molecule has 0 bridgehead atoms. The van der Waals surface area contributed by atoms with Gasteiger partial charge in [-0.1, -0.05) is 52.8 Å². The number of ether oxygens (including phenoxy) is 1. The lowest BCUT2D eigenvalue weighted by molar-refractivity contribution is 0.391. The smallest absolute Gasteiger partial charge is 0.237 e. The number of nitrogens with zero attached hydrogens (tertiary/aromatic N) is 5. The molecule has 3 aromatic heterocycles. The van der Waals surface area contributed by atoms with Crippen LogP contribution in [0.3, 0.4) is 0 Å². The molecule has 0 aliphatic rings. The normalized spacial score (nSPS) is 11.1. The Kier molecular flexibility index (Phi) is 6.14. The van der Waals surface area contributed by atoms with E-state index in [4.69, 9.17) is 25.3 Å². The van der Waals surface area contributed by atoms with Gasteiger partial charge < -0.3 is 13.7 Å². The highest BCUT2D eigenvalue weighted by molar-refractivity contribution is 7.98. The number of thioether (sulfide) groups is 1. The first-order valence-electron chi connectivity index (χ1n) is 10.0. The molecule has 0 atom stereocenters. The summed E-state index contributed by atoms with van der Waals surface area (Å²) in [6.07, 6.45) is 1.65. The number of benzene rings is 2. The predicted octanol–water partition coefficient (Wildman–Crippen LogP) is 5.59. The monoisotopic (exact) mass is 479 g/mol. The van der Waals surface area contributed by atoms with Crippen LogP contribution >= 0.6 is 23.4 Å². The van der Waals surface area contributed by atoms with Crippen molar-refractivity contribution >= 4 is 23.4 Å². The second kappa shape index (κ2) is 9.51. The molecule has 5 aromatic rings. The second-order valence-corrected chi connectivity index (χ2v) is 8.39. The summed E-state index contributed by atoms with van der Waals surface area (Å²) in [7, 11) is 1.63. The summed E-state index contributed by atoms with van der Waals surface area (Å²) in [5.74, 6) is 3.64. The Balaban J connectivity index is 1.40. The molecular weight excluding hydrogens is 462 g/mol. The number of halogens is 1. The third kappa shape index (κ3) is 4.79. The van der Waals surface area contributed by atoms with Gasteiger partial charge in [0.2, 0.25) is 11.7 Å². The van der Waals surface area contributed by atoms with Crippen molar-refractivity contribution in [1.82, 2.24) is 24.9 Å². The summed E-state index contributed by atoms with van der Waals surface area (Å²) < 4.78 is 18.3. The van der Waals surface area contributed by atoms with E-state index in [2.05, 4.69) is 20.3 Å². The molecule has 33 heavy (non-hydrogen) atoms. The molecule has 166 valence electrons. The lowest BCUT2D eigenvalue weighted by Gasteiger charge is -2.09. The molecule has 5 rings (SSSR count). The number of hydrogen-bond acceptors (Lipinski definition) is 8. The molecule has 0 saturated carbocycles. The van der Waals surface area contributed by atoms with Gasteiger partial charge in [0.15, 0.2) is 11.0 Å². The van der Waals surface area contributed by atoms with E-state index in [0.29, 0.717) is 40.0 Å². The number of hydrogen-bond donors (Lipinski definition) is 0. The van der Waals surface area contributed by atoms with Gasteiger partial charge in [0.05, 0.1) is 25.7 Å². The molecule has 0 saturated heterocycles. The van der Waals surface area contributed by atoms with Crippen molar-refractivity contribution in [3.63, 3.8) is 0 Å². The van der Waals surface area contributed by atoms with Crippen LogP contribution in [0.4, 0.5) is 0 Å². The van der Waals surface area contributed by atoms with Crippen molar-refractivity contribution in [2.24, 2.45) is 0 Å². The van der Waals surface area contributed by atoms with E-state index in [1.807, 2.05) is 53.1 Å². The highest BCUT2D eigenvalue weighted by Gasteiger charge is 2.18. The molecule has 0 fully saturated rings. The van der Waals surface area contributed by atoms with Gasteiger partial charge in [0.1, 0.15) is 11.5 Å². The molecule has 0 amide bonds. The van der Waals surface area contributed by atoms with E-state index in [1.165, 1.54) is 11.8 Å². The fraction of sp³-hybridized carbons (Fsp3) is 0.130. The van der Waals surface area contributed by atoms with Crippen molar-refractivity contribution in [1.29, 1.82) is 0 Å². The maximum atomic E-state index is 6.07. The van der Waals surface area contributed by atoms with Gasteiger partial charge in [0, 0.05) is 16.1 Å². The van der Waals surface area contributed by atoms with E-state index in [0.717, 1.165) is 22.6 Å². The third-order valence-corrected chi connectivity index (χ3v) is 6.00. The van der Waals surface area contributed by atoms with E-state index in [-0.39, 0.29) is 0 Å². The Labute approximate surface area is 198 Å². The SMILES string of the molecule is COc1cccc(-c2nnc(SCc3nc(-c4cccc(Cl)c4)no3)n2Cc2ccco2)c1. The first kappa shape index (κ1) is 21.3. The number of aromatic nitrogens is 5. The fourth-order valence-electron chi connectivity index (χ4n) is 3.26. The van der Waals surface area contributed by atoms with Crippen molar-refractivity contribution in [2.45, 2.75) is 17.5 Å². The minimum Gasteiger partial charge on any atom is -0.497 e. The van der Waals surface area contributed by atoms with Gasteiger partial charge in [-0.25, -0.2) is 0 Å². The summed E-state index contributed by atoms with van der Waals surface area (Å²) in [4.78, 5) is 4.48. The Bertz CT molecular complexity index is 1370. The van der Waals surface area contributed by atoms with E-state index in [9.17, 15) is 0 Å². The zero-order valence-corrected chi connectivity index (χ0v) is 19.1. The minimum absolute atomic E-state index is 0.433. The second-order valence-electron chi connectivity index (χ2n) is 7.01. The molecular formula is C23H18ClN5O3S. The molecule has 8 nitrogen and oxygen atoms in total. The number of rotatable bonds is 8. The predicted molar refractivity (Wildman–Crippen MR) is 124 cm³/mol. The molecule has 10 heteroatoms. The molecule has 0 aliphatic carbocycles. The highest BCUT2D eigenvalue weighted by Crippen LogP contribution is 2.29. The average molecular weight is 480 g/mol. The van der Waals surface area contributed by atoms with Crippen LogP contribution in [0.2, 0.25) is 5.02 Å². The molecule has 0 radical (unpaired) electrons. The van der Waals surface area contributed by atoms with Crippen molar-refractivity contribution in [3.05, 3.63) is 83.6 Å². The summed E-state index contributed by atoms with van der Waals surface area (Å²) in [6.45, 7) is 0.479. The Hall–Kier alpha value is -3.56. The van der Waals surface area contributed by atoms with Crippen LogP contribution < -0.4 is 4.74 Å². The molecule has 0 spiro atoms. The number of furan rings is 1. The maximum absolute atomic E-state index is 6.07. The summed E-state index contributed by atoms with van der Waals surface area (Å²) in [5.41, 5.74) is 1.69. The lowest BCUT2D eigenvalue weighted by atomic mass is 10.2. The summed E-state index contributed by atoms with van der Waals surface area (Å²) in [6, 6.07) is 18.8. The van der Waals surface area contributed by atoms with Gasteiger partial charge in [0.25, 0.3) is 0 Å². The molecule has 0 N–H and O–H groups in total. The first-order chi connectivity index (χ1) is 16.2. The van der Waals surface area contributed by atoms with Crippen LogP contribution in [0.5, 0.6) is 5.75 Å². The quantitative estimate of drug-likeness (QED) is 0.266. The van der Waals surface area contributed by atoms with Gasteiger partial charge in [-0.05, 0) is 36.4 Å². The van der Waals surface area contributed by atoms with Crippen molar-refractivity contribution < 1.29 is 13.7 Å².